The maximum atomic E-state index is 14.7. The van der Waals surface area contributed by atoms with Crippen molar-refractivity contribution < 1.29 is 28.9 Å². The topological polar surface area (TPSA) is 92.1 Å². The lowest BCUT2D eigenvalue weighted by molar-refractivity contribution is 0.0783. The molecule has 1 aromatic heterocycles. The van der Waals surface area contributed by atoms with Gasteiger partial charge in [-0.15, -0.1) is 0 Å². The van der Waals surface area contributed by atoms with Gasteiger partial charge in [0.25, 0.3) is 5.91 Å². The first kappa shape index (κ1) is 25.3. The van der Waals surface area contributed by atoms with E-state index in [9.17, 15) is 19.4 Å². The summed E-state index contributed by atoms with van der Waals surface area (Å²) < 4.78 is 25.5. The molecule has 1 aliphatic heterocycles. The summed E-state index contributed by atoms with van der Waals surface area (Å²) in [7, 11) is 2.74. The van der Waals surface area contributed by atoms with Crippen LogP contribution in [0, 0.1) is 5.82 Å². The van der Waals surface area contributed by atoms with E-state index >= 15 is 0 Å². The lowest BCUT2D eigenvalue weighted by atomic mass is 9.95. The molecule has 190 valence electrons. The number of likely N-dealkylation sites (tertiary alicyclic amines) is 1. The number of hydrogen-bond donors (Lipinski definition) is 2. The number of rotatable bonds is 8. The lowest BCUT2D eigenvalue weighted by Crippen LogP contribution is -2.29. The van der Waals surface area contributed by atoms with E-state index in [0.717, 1.165) is 18.4 Å². The van der Waals surface area contributed by atoms with Crippen molar-refractivity contribution in [3.05, 3.63) is 65.1 Å². The Kier molecular flexibility index (Phi) is 7.62. The molecule has 0 bridgehead atoms. The average molecular weight is 495 g/mol. The predicted octanol–water partition coefficient (Wildman–Crippen LogP) is 5.29. The summed E-state index contributed by atoms with van der Waals surface area (Å²) in [6.07, 6.45) is 2.69. The van der Waals surface area contributed by atoms with Gasteiger partial charge in [0.2, 0.25) is 5.88 Å². The van der Waals surface area contributed by atoms with E-state index in [1.54, 1.807) is 4.90 Å². The molecule has 1 fully saturated rings. The van der Waals surface area contributed by atoms with Gasteiger partial charge in [0.05, 0.1) is 31.0 Å². The van der Waals surface area contributed by atoms with Crippen molar-refractivity contribution in [2.24, 2.45) is 0 Å². The van der Waals surface area contributed by atoms with Crippen molar-refractivity contribution in [3.8, 4) is 34.3 Å². The number of methoxy groups -OCH3 is 2. The zero-order valence-corrected chi connectivity index (χ0v) is 20.8. The highest BCUT2D eigenvalue weighted by molar-refractivity contribution is 6.02. The monoisotopic (exact) mass is 494 g/mol. The molecule has 0 aliphatic carbocycles. The number of benzene rings is 2. The van der Waals surface area contributed by atoms with Crippen molar-refractivity contribution in [3.63, 3.8) is 0 Å². The van der Waals surface area contributed by atoms with Crippen molar-refractivity contribution in [1.82, 2.24) is 9.88 Å². The lowest BCUT2D eigenvalue weighted by Gasteiger charge is -2.22. The third-order valence-corrected chi connectivity index (χ3v) is 6.70. The Morgan fingerprint density at radius 3 is 2.53 bits per heavy atom. The smallest absolute Gasteiger partial charge is 0.263 e. The van der Waals surface area contributed by atoms with Gasteiger partial charge in [-0.3, -0.25) is 4.79 Å². The Morgan fingerprint density at radius 2 is 1.86 bits per heavy atom. The quantitative estimate of drug-likeness (QED) is 0.442. The van der Waals surface area contributed by atoms with Crippen LogP contribution >= 0.6 is 0 Å². The molecule has 1 saturated heterocycles. The predicted molar refractivity (Wildman–Crippen MR) is 134 cm³/mol. The van der Waals surface area contributed by atoms with Crippen molar-refractivity contribution >= 4 is 5.91 Å². The Morgan fingerprint density at radius 1 is 1.11 bits per heavy atom. The van der Waals surface area contributed by atoms with Crippen LogP contribution in [-0.4, -0.2) is 53.3 Å². The number of unbranched alkanes of at least 4 members (excludes halogenated alkanes) is 1. The number of halogens is 1. The van der Waals surface area contributed by atoms with Crippen LogP contribution in [0.2, 0.25) is 0 Å². The Labute approximate surface area is 210 Å². The minimum absolute atomic E-state index is 0.122. The minimum atomic E-state index is -0.652. The highest BCUT2D eigenvalue weighted by atomic mass is 19.1. The number of hydrogen-bond acceptors (Lipinski definition) is 6. The summed E-state index contributed by atoms with van der Waals surface area (Å²) in [5.41, 5.74) is 1.41. The van der Waals surface area contributed by atoms with Gasteiger partial charge in [-0.25, -0.2) is 9.37 Å². The van der Waals surface area contributed by atoms with Crippen molar-refractivity contribution in [2.75, 3.05) is 27.3 Å². The fourth-order valence-electron chi connectivity index (χ4n) is 4.84. The molecule has 0 radical (unpaired) electrons. The van der Waals surface area contributed by atoms with E-state index in [0.29, 0.717) is 31.6 Å². The molecule has 36 heavy (non-hydrogen) atoms. The highest BCUT2D eigenvalue weighted by Crippen LogP contribution is 2.48. The summed E-state index contributed by atoms with van der Waals surface area (Å²) in [6, 6.07) is 12.6. The van der Waals surface area contributed by atoms with Crippen LogP contribution in [0.1, 0.15) is 53.7 Å². The summed E-state index contributed by atoms with van der Waals surface area (Å²) in [5.74, 6) is -1.95. The standard InChI is InChI=1S/C28H31FN2O5/c1-4-5-11-20-22(23-21(35-2)13-12-19(29)26(23)36-3)25(32)24(27(33)30-20)28(34)31-15-14-18(16-31)17-9-7-6-8-10-17/h6-10,12-13,18H,4-5,11,14-16H2,1-3H3,(H2,30,32,33). The minimum Gasteiger partial charge on any atom is -0.506 e. The molecule has 7 nitrogen and oxygen atoms in total. The summed E-state index contributed by atoms with van der Waals surface area (Å²) in [4.78, 5) is 19.5. The molecule has 0 spiro atoms. The number of aromatic hydroxyl groups is 2. The van der Waals surface area contributed by atoms with Gasteiger partial charge in [-0.1, -0.05) is 43.7 Å². The van der Waals surface area contributed by atoms with Gasteiger partial charge in [0, 0.05) is 19.0 Å². The van der Waals surface area contributed by atoms with Crippen LogP contribution in [0.4, 0.5) is 4.39 Å². The second-order valence-electron chi connectivity index (χ2n) is 8.89. The largest absolute Gasteiger partial charge is 0.506 e. The molecule has 1 aliphatic rings. The first-order valence-electron chi connectivity index (χ1n) is 12.1. The number of aromatic nitrogens is 1. The number of ether oxygens (including phenoxy) is 2. The van der Waals surface area contributed by atoms with E-state index in [2.05, 4.69) is 4.98 Å². The second kappa shape index (κ2) is 10.8. The summed E-state index contributed by atoms with van der Waals surface area (Å²) >= 11 is 0. The van der Waals surface area contributed by atoms with E-state index in [4.69, 9.17) is 9.47 Å². The molecular weight excluding hydrogens is 463 g/mol. The first-order valence-corrected chi connectivity index (χ1v) is 12.1. The van der Waals surface area contributed by atoms with Crippen LogP contribution in [0.25, 0.3) is 11.1 Å². The fourth-order valence-corrected chi connectivity index (χ4v) is 4.84. The van der Waals surface area contributed by atoms with Gasteiger partial charge in [-0.2, -0.15) is 0 Å². The van der Waals surface area contributed by atoms with E-state index in [1.165, 1.54) is 26.4 Å². The molecule has 2 heterocycles. The molecule has 1 amide bonds. The summed E-state index contributed by atoms with van der Waals surface area (Å²) in [6.45, 7) is 2.91. The van der Waals surface area contributed by atoms with Gasteiger partial charge in [0.1, 0.15) is 17.1 Å². The van der Waals surface area contributed by atoms with Gasteiger partial charge in [0.15, 0.2) is 11.6 Å². The number of pyridine rings is 1. The molecule has 4 rings (SSSR count). The molecule has 8 heteroatoms. The molecular formula is C28H31FN2O5. The number of amides is 1. The van der Waals surface area contributed by atoms with Gasteiger partial charge < -0.3 is 24.6 Å². The number of nitrogens with zero attached hydrogens (tertiary/aromatic N) is 2. The van der Waals surface area contributed by atoms with E-state index in [1.807, 2.05) is 37.3 Å². The van der Waals surface area contributed by atoms with E-state index in [-0.39, 0.29) is 34.1 Å². The Bertz CT molecular complexity index is 1250. The zero-order valence-electron chi connectivity index (χ0n) is 20.8. The molecule has 2 N–H and O–H groups in total. The fraction of sp³-hybridized carbons (Fsp3) is 0.357. The van der Waals surface area contributed by atoms with Crippen molar-refractivity contribution in [2.45, 2.75) is 38.5 Å². The third kappa shape index (κ3) is 4.67. The van der Waals surface area contributed by atoms with Crippen LogP contribution in [-0.2, 0) is 6.42 Å². The molecule has 3 aromatic rings. The maximum Gasteiger partial charge on any atom is 0.263 e. The number of carbonyl (C=O) groups excluding carboxylic acids is 1. The Hall–Kier alpha value is -3.81. The van der Waals surface area contributed by atoms with Crippen LogP contribution < -0.4 is 9.47 Å². The molecule has 1 atom stereocenters. The maximum absolute atomic E-state index is 14.7. The molecule has 2 aromatic carbocycles. The number of aryl methyl sites for hydroxylation is 1. The molecule has 0 saturated carbocycles. The average Bonchev–Trinajstić information content (AvgIpc) is 3.38. The van der Waals surface area contributed by atoms with Gasteiger partial charge in [-0.05, 0) is 37.0 Å². The normalized spacial score (nSPS) is 15.2. The number of carbonyl (C=O) groups is 1. The second-order valence-corrected chi connectivity index (χ2v) is 8.89. The highest BCUT2D eigenvalue weighted by Gasteiger charge is 2.34. The SMILES string of the molecule is CCCCc1nc(O)c(C(=O)N2CCC(c3ccccc3)C2)c(O)c1-c1c(OC)ccc(F)c1OC. The van der Waals surface area contributed by atoms with Gasteiger partial charge >= 0.3 is 0 Å². The molecule has 1 unspecified atom stereocenters. The van der Waals surface area contributed by atoms with Crippen LogP contribution in [0.3, 0.4) is 0 Å². The van der Waals surface area contributed by atoms with E-state index < -0.39 is 23.4 Å². The van der Waals surface area contributed by atoms with Crippen LogP contribution in [0.5, 0.6) is 23.1 Å². The van der Waals surface area contributed by atoms with Crippen molar-refractivity contribution in [1.29, 1.82) is 0 Å². The zero-order chi connectivity index (χ0) is 25.8. The first-order chi connectivity index (χ1) is 17.4. The Balaban J connectivity index is 1.82. The third-order valence-electron chi connectivity index (χ3n) is 6.70. The summed E-state index contributed by atoms with van der Waals surface area (Å²) in [5, 5.41) is 22.3. The van der Waals surface area contributed by atoms with Crippen LogP contribution in [0.15, 0.2) is 42.5 Å².